The lowest BCUT2D eigenvalue weighted by molar-refractivity contribution is 0.204. The Morgan fingerprint density at radius 1 is 1.27 bits per heavy atom. The molecule has 1 saturated heterocycles. The van der Waals surface area contributed by atoms with E-state index in [0.717, 1.165) is 27.3 Å². The van der Waals surface area contributed by atoms with Gasteiger partial charge in [0.2, 0.25) is 0 Å². The SMILES string of the molecule is CN1CCN(C)C1Cl.COP(=O)(O)OC. The zero-order valence-electron chi connectivity index (χ0n) is 9.38. The van der Waals surface area contributed by atoms with Crippen molar-refractivity contribution in [3.8, 4) is 0 Å². The molecule has 1 heterocycles. The molecule has 1 fully saturated rings. The molecule has 6 nitrogen and oxygen atoms in total. The summed E-state index contributed by atoms with van der Waals surface area (Å²) in [5.41, 5.74) is 0.120. The van der Waals surface area contributed by atoms with E-state index >= 15 is 0 Å². The van der Waals surface area contributed by atoms with Crippen LogP contribution in [0.5, 0.6) is 0 Å². The van der Waals surface area contributed by atoms with Crippen LogP contribution in [0.2, 0.25) is 0 Å². The highest BCUT2D eigenvalue weighted by Crippen LogP contribution is 2.40. The van der Waals surface area contributed by atoms with Gasteiger partial charge in [0.05, 0.1) is 0 Å². The van der Waals surface area contributed by atoms with E-state index in [1.807, 2.05) is 14.1 Å². The molecule has 0 bridgehead atoms. The molecule has 0 amide bonds. The van der Waals surface area contributed by atoms with Crippen molar-refractivity contribution in [2.45, 2.75) is 5.62 Å². The van der Waals surface area contributed by atoms with Crippen LogP contribution in [0.1, 0.15) is 0 Å². The summed E-state index contributed by atoms with van der Waals surface area (Å²) in [6.07, 6.45) is 0. The molecule has 0 aromatic carbocycles. The molecule has 1 N–H and O–H groups in total. The zero-order valence-corrected chi connectivity index (χ0v) is 11.0. The number of hydrogen-bond acceptors (Lipinski definition) is 5. The minimum Gasteiger partial charge on any atom is -0.303 e. The third kappa shape index (κ3) is 5.82. The fourth-order valence-corrected chi connectivity index (χ4v) is 1.28. The number of halogens is 1. The number of nitrogens with zero attached hydrogens (tertiary/aromatic N) is 2. The van der Waals surface area contributed by atoms with Crippen molar-refractivity contribution < 1.29 is 18.5 Å². The summed E-state index contributed by atoms with van der Waals surface area (Å²) in [7, 11) is 2.61. The lowest BCUT2D eigenvalue weighted by atomic mass is 10.6. The van der Waals surface area contributed by atoms with Gasteiger partial charge in [-0.05, 0) is 14.1 Å². The molecular formula is C7H18ClN2O4P. The third-order valence-electron chi connectivity index (χ3n) is 1.99. The number of phosphoric ester groups is 1. The van der Waals surface area contributed by atoms with Crippen molar-refractivity contribution in [1.29, 1.82) is 0 Å². The van der Waals surface area contributed by atoms with Gasteiger partial charge in [-0.1, -0.05) is 11.6 Å². The first kappa shape index (κ1) is 15.3. The van der Waals surface area contributed by atoms with Gasteiger partial charge in [-0.2, -0.15) is 0 Å². The van der Waals surface area contributed by atoms with Crippen LogP contribution in [0, 0.1) is 0 Å². The topological polar surface area (TPSA) is 62.2 Å². The van der Waals surface area contributed by atoms with Gasteiger partial charge in [-0.3, -0.25) is 18.8 Å². The number of likely N-dealkylation sites (N-methyl/N-ethyl adjacent to an activating group) is 2. The summed E-state index contributed by atoms with van der Waals surface area (Å²) in [6, 6.07) is 0. The Kier molecular flexibility index (Phi) is 6.95. The first-order valence-electron chi connectivity index (χ1n) is 4.33. The maximum atomic E-state index is 10.1. The molecule has 0 aromatic rings. The van der Waals surface area contributed by atoms with Crippen molar-refractivity contribution in [2.24, 2.45) is 0 Å². The number of phosphoric acid groups is 1. The predicted molar refractivity (Wildman–Crippen MR) is 58.7 cm³/mol. The minimum atomic E-state index is -3.65. The molecule has 0 radical (unpaired) electrons. The first-order chi connectivity index (χ1) is 6.84. The summed E-state index contributed by atoms with van der Waals surface area (Å²) in [5, 5.41) is 0. The Hall–Kier alpha value is 0.320. The van der Waals surface area contributed by atoms with Crippen LogP contribution in [-0.2, 0) is 13.6 Å². The van der Waals surface area contributed by atoms with E-state index in [1.165, 1.54) is 0 Å². The Balaban J connectivity index is 0.000000265. The maximum absolute atomic E-state index is 10.1. The highest BCUT2D eigenvalue weighted by atomic mass is 35.5. The van der Waals surface area contributed by atoms with E-state index in [1.54, 1.807) is 0 Å². The summed E-state index contributed by atoms with van der Waals surface area (Å²) >= 11 is 5.86. The van der Waals surface area contributed by atoms with Crippen molar-refractivity contribution in [3.05, 3.63) is 0 Å². The van der Waals surface area contributed by atoms with E-state index in [4.69, 9.17) is 16.5 Å². The molecule has 0 atom stereocenters. The Bertz CT molecular complexity index is 213. The second-order valence-electron chi connectivity index (χ2n) is 3.11. The van der Waals surface area contributed by atoms with Crippen LogP contribution in [-0.4, -0.2) is 61.7 Å². The lowest BCUT2D eigenvalue weighted by Crippen LogP contribution is -2.28. The van der Waals surface area contributed by atoms with E-state index < -0.39 is 7.82 Å². The molecule has 0 unspecified atom stereocenters. The minimum absolute atomic E-state index is 0.120. The average molecular weight is 261 g/mol. The summed E-state index contributed by atoms with van der Waals surface area (Å²) in [6.45, 7) is 2.18. The molecule has 1 aliphatic rings. The highest BCUT2D eigenvalue weighted by molar-refractivity contribution is 7.47. The fourth-order valence-electron chi connectivity index (χ4n) is 0.940. The summed E-state index contributed by atoms with van der Waals surface area (Å²) < 4.78 is 18.0. The number of rotatable bonds is 2. The molecule has 15 heavy (non-hydrogen) atoms. The Morgan fingerprint density at radius 3 is 1.67 bits per heavy atom. The molecular weight excluding hydrogens is 243 g/mol. The van der Waals surface area contributed by atoms with Gasteiger partial charge in [-0.25, -0.2) is 4.57 Å². The monoisotopic (exact) mass is 260 g/mol. The normalized spacial score (nSPS) is 20.1. The van der Waals surface area contributed by atoms with Crippen LogP contribution in [0.15, 0.2) is 0 Å². The van der Waals surface area contributed by atoms with Crippen LogP contribution >= 0.6 is 19.4 Å². The summed E-state index contributed by atoms with van der Waals surface area (Å²) in [4.78, 5) is 12.5. The van der Waals surface area contributed by atoms with Crippen LogP contribution < -0.4 is 0 Å². The van der Waals surface area contributed by atoms with Crippen LogP contribution in [0.3, 0.4) is 0 Å². The van der Waals surface area contributed by atoms with E-state index in [2.05, 4.69) is 18.8 Å². The van der Waals surface area contributed by atoms with Gasteiger partial charge in [0, 0.05) is 27.3 Å². The molecule has 1 rings (SSSR count). The fraction of sp³-hybridized carbons (Fsp3) is 1.00. The standard InChI is InChI=1S/C5H11ClN2.C2H7O4P/c1-7-3-4-8(2)5(7)6;1-5-7(3,4)6-2/h5H,3-4H2,1-2H3;1-2H3,(H,3,4). The maximum Gasteiger partial charge on any atom is 0.471 e. The Morgan fingerprint density at radius 2 is 1.60 bits per heavy atom. The average Bonchev–Trinajstić information content (AvgIpc) is 2.51. The summed E-state index contributed by atoms with van der Waals surface area (Å²) in [5.74, 6) is 0. The van der Waals surface area contributed by atoms with Gasteiger partial charge in [0.15, 0.2) is 0 Å². The molecule has 0 spiro atoms. The molecule has 1 aliphatic heterocycles. The van der Waals surface area contributed by atoms with Gasteiger partial charge < -0.3 is 4.89 Å². The first-order valence-corrected chi connectivity index (χ1v) is 6.26. The van der Waals surface area contributed by atoms with Crippen molar-refractivity contribution in [1.82, 2.24) is 9.80 Å². The molecule has 0 aliphatic carbocycles. The molecule has 0 aromatic heterocycles. The predicted octanol–water partition coefficient (Wildman–Crippen LogP) is 0.766. The smallest absolute Gasteiger partial charge is 0.303 e. The van der Waals surface area contributed by atoms with Crippen molar-refractivity contribution >= 4 is 19.4 Å². The number of alkyl halides is 1. The highest BCUT2D eigenvalue weighted by Gasteiger charge is 2.22. The Labute approximate surface area is 95.3 Å². The lowest BCUT2D eigenvalue weighted by Gasteiger charge is -2.16. The zero-order chi connectivity index (χ0) is 12.1. The molecule has 8 heteroatoms. The van der Waals surface area contributed by atoms with Gasteiger partial charge in [0.1, 0.15) is 5.62 Å². The van der Waals surface area contributed by atoms with Gasteiger partial charge in [0.25, 0.3) is 0 Å². The van der Waals surface area contributed by atoms with Crippen molar-refractivity contribution in [3.63, 3.8) is 0 Å². The molecule has 92 valence electrons. The van der Waals surface area contributed by atoms with E-state index in [9.17, 15) is 4.57 Å². The van der Waals surface area contributed by atoms with Gasteiger partial charge >= 0.3 is 7.82 Å². The van der Waals surface area contributed by atoms with E-state index in [0.29, 0.717) is 0 Å². The van der Waals surface area contributed by atoms with E-state index in [-0.39, 0.29) is 5.62 Å². The van der Waals surface area contributed by atoms with Crippen molar-refractivity contribution in [2.75, 3.05) is 41.4 Å². The second kappa shape index (κ2) is 6.81. The quantitative estimate of drug-likeness (QED) is 0.449. The van der Waals surface area contributed by atoms with Gasteiger partial charge in [-0.15, -0.1) is 0 Å². The van der Waals surface area contributed by atoms with Crippen LogP contribution in [0.4, 0.5) is 0 Å². The molecule has 0 saturated carbocycles. The number of hydrogen-bond donors (Lipinski definition) is 1. The largest absolute Gasteiger partial charge is 0.471 e. The van der Waals surface area contributed by atoms with Crippen LogP contribution in [0.25, 0.3) is 0 Å². The second-order valence-corrected chi connectivity index (χ2v) is 5.16. The third-order valence-corrected chi connectivity index (χ3v) is 3.58.